The van der Waals surface area contributed by atoms with E-state index in [1.165, 1.54) is 0 Å². The summed E-state index contributed by atoms with van der Waals surface area (Å²) in [5, 5.41) is 8.44. The summed E-state index contributed by atoms with van der Waals surface area (Å²) in [5.74, 6) is -5.56. The van der Waals surface area contributed by atoms with Crippen LogP contribution in [0.15, 0.2) is 6.07 Å². The van der Waals surface area contributed by atoms with Crippen LogP contribution >= 0.6 is 0 Å². The van der Waals surface area contributed by atoms with Crippen LogP contribution in [0.25, 0.3) is 0 Å². The molecule has 0 amide bonds. The quantitative estimate of drug-likeness (QED) is 0.680. The van der Waals surface area contributed by atoms with E-state index in [1.54, 1.807) is 0 Å². The molecular formula is C8H3F6NO3. The van der Waals surface area contributed by atoms with Crippen molar-refractivity contribution in [1.82, 2.24) is 4.98 Å². The van der Waals surface area contributed by atoms with Crippen LogP contribution in [-0.4, -0.2) is 22.4 Å². The van der Waals surface area contributed by atoms with Crippen molar-refractivity contribution >= 4 is 5.97 Å². The molecule has 0 aliphatic heterocycles. The molecule has 100 valence electrons. The predicted molar refractivity (Wildman–Crippen MR) is 42.8 cm³/mol. The number of hydrogen-bond acceptors (Lipinski definition) is 3. The number of aromatic carboxylic acids is 1. The second-order valence-corrected chi connectivity index (χ2v) is 2.87. The summed E-state index contributed by atoms with van der Waals surface area (Å²) in [4.78, 5) is 13.0. The number of hydrogen-bond donors (Lipinski definition) is 1. The van der Waals surface area contributed by atoms with Crippen LogP contribution in [0.4, 0.5) is 26.3 Å². The fourth-order valence-corrected chi connectivity index (χ4v) is 1.06. The average Bonchev–Trinajstić information content (AvgIpc) is 2.12. The van der Waals surface area contributed by atoms with E-state index in [0.29, 0.717) is 0 Å². The molecule has 1 aromatic heterocycles. The number of nitrogens with zero attached hydrogens (tertiary/aromatic N) is 1. The summed E-state index contributed by atoms with van der Waals surface area (Å²) in [6, 6.07) is 0.0185. The van der Waals surface area contributed by atoms with E-state index < -0.39 is 41.7 Å². The van der Waals surface area contributed by atoms with Gasteiger partial charge in [0.05, 0.1) is 0 Å². The van der Waals surface area contributed by atoms with Crippen molar-refractivity contribution in [3.63, 3.8) is 0 Å². The molecule has 18 heavy (non-hydrogen) atoms. The number of halogens is 6. The molecule has 1 rings (SSSR count). The second-order valence-electron chi connectivity index (χ2n) is 2.87. The van der Waals surface area contributed by atoms with E-state index in [0.717, 1.165) is 0 Å². The Bertz CT molecular complexity index is 473. The van der Waals surface area contributed by atoms with Gasteiger partial charge in [-0.3, -0.25) is 0 Å². The van der Waals surface area contributed by atoms with Gasteiger partial charge in [-0.15, -0.1) is 13.2 Å². The summed E-state index contributed by atoms with van der Waals surface area (Å²) >= 11 is 0. The fourth-order valence-electron chi connectivity index (χ4n) is 1.06. The minimum atomic E-state index is -5.26. The highest BCUT2D eigenvalue weighted by molar-refractivity contribution is 5.89. The number of aromatic nitrogens is 1. The van der Waals surface area contributed by atoms with Crippen LogP contribution in [0.2, 0.25) is 0 Å². The number of ether oxygens (including phenoxy) is 1. The molecule has 4 nitrogen and oxygen atoms in total. The molecule has 10 heteroatoms. The third-order valence-corrected chi connectivity index (χ3v) is 1.65. The molecule has 0 aromatic carbocycles. The summed E-state index contributed by atoms with van der Waals surface area (Å²) in [6.07, 6.45) is -8.76. The van der Waals surface area contributed by atoms with Crippen molar-refractivity contribution in [3.05, 3.63) is 23.1 Å². The molecule has 0 aliphatic rings. The van der Waals surface area contributed by atoms with Gasteiger partial charge in [-0.05, 0) is 0 Å². The maximum atomic E-state index is 13.0. The number of rotatable bonds is 3. The third kappa shape index (κ3) is 3.25. The van der Waals surface area contributed by atoms with Gasteiger partial charge >= 0.3 is 12.3 Å². The van der Waals surface area contributed by atoms with Crippen LogP contribution in [0, 0.1) is 5.95 Å². The highest BCUT2D eigenvalue weighted by Crippen LogP contribution is 2.30. The van der Waals surface area contributed by atoms with Crippen molar-refractivity contribution in [2.75, 3.05) is 0 Å². The fraction of sp³-hybridized carbons (Fsp3) is 0.250. The molecule has 0 fully saturated rings. The summed E-state index contributed by atoms with van der Waals surface area (Å²) in [5.41, 5.74) is -2.95. The lowest BCUT2D eigenvalue weighted by molar-refractivity contribution is -0.276. The topological polar surface area (TPSA) is 59.4 Å². The molecule has 0 saturated carbocycles. The Morgan fingerprint density at radius 1 is 1.39 bits per heavy atom. The van der Waals surface area contributed by atoms with Gasteiger partial charge in [-0.1, -0.05) is 0 Å². The number of carboxylic acid groups (broad SMARTS) is 1. The van der Waals surface area contributed by atoms with E-state index in [4.69, 9.17) is 5.11 Å². The smallest absolute Gasteiger partial charge is 0.478 e. The zero-order valence-corrected chi connectivity index (χ0v) is 8.13. The Balaban J connectivity index is 3.32. The molecule has 0 bridgehead atoms. The average molecular weight is 275 g/mol. The lowest BCUT2D eigenvalue weighted by atomic mass is 10.1. The summed E-state index contributed by atoms with van der Waals surface area (Å²) in [7, 11) is 0. The second kappa shape index (κ2) is 4.70. The lowest BCUT2D eigenvalue weighted by Gasteiger charge is -2.11. The first-order valence-electron chi connectivity index (χ1n) is 4.09. The molecule has 0 spiro atoms. The van der Waals surface area contributed by atoms with Gasteiger partial charge in [0.15, 0.2) is 0 Å². The first-order valence-corrected chi connectivity index (χ1v) is 4.09. The maximum Gasteiger partial charge on any atom is 0.574 e. The van der Waals surface area contributed by atoms with Crippen molar-refractivity contribution in [2.45, 2.75) is 12.8 Å². The van der Waals surface area contributed by atoms with Gasteiger partial charge in [0.2, 0.25) is 11.8 Å². The van der Waals surface area contributed by atoms with Gasteiger partial charge in [0.25, 0.3) is 6.43 Å². The highest BCUT2D eigenvalue weighted by atomic mass is 19.4. The van der Waals surface area contributed by atoms with Crippen LogP contribution < -0.4 is 4.74 Å². The normalized spacial score (nSPS) is 11.7. The number of carbonyl (C=O) groups is 1. The number of carboxylic acids is 1. The molecular weight excluding hydrogens is 272 g/mol. The third-order valence-electron chi connectivity index (χ3n) is 1.65. The largest absolute Gasteiger partial charge is 0.574 e. The number of pyridine rings is 1. The summed E-state index contributed by atoms with van der Waals surface area (Å²) in [6.45, 7) is 0. The first-order chi connectivity index (χ1) is 8.11. The lowest BCUT2D eigenvalue weighted by Crippen LogP contribution is -2.19. The van der Waals surface area contributed by atoms with E-state index in [2.05, 4.69) is 9.72 Å². The van der Waals surface area contributed by atoms with E-state index >= 15 is 0 Å². The predicted octanol–water partition coefficient (Wildman–Crippen LogP) is 2.76. The Morgan fingerprint density at radius 2 is 1.94 bits per heavy atom. The van der Waals surface area contributed by atoms with Crippen LogP contribution in [0.1, 0.15) is 22.3 Å². The summed E-state index contributed by atoms with van der Waals surface area (Å²) < 4.78 is 76.3. The molecule has 1 heterocycles. The SMILES string of the molecule is O=C(O)c1c(C(F)F)cc(OC(F)(F)F)nc1F. The van der Waals surface area contributed by atoms with Gasteiger partial charge in [0.1, 0.15) is 5.56 Å². The molecule has 0 saturated heterocycles. The first kappa shape index (κ1) is 14.1. The Morgan fingerprint density at radius 3 is 2.33 bits per heavy atom. The Kier molecular flexibility index (Phi) is 3.67. The standard InChI is InChI=1S/C8H3F6NO3/c9-5(10)2-1-3(18-8(12,13)14)15-6(11)4(2)7(16)17/h1,5H,(H,16,17). The van der Waals surface area contributed by atoms with E-state index in [-0.39, 0.29) is 6.07 Å². The highest BCUT2D eigenvalue weighted by Gasteiger charge is 2.34. The molecule has 0 unspecified atom stereocenters. The maximum absolute atomic E-state index is 13.0. The Hall–Kier alpha value is -2.00. The minimum absolute atomic E-state index is 0.0185. The zero-order chi connectivity index (χ0) is 14.1. The minimum Gasteiger partial charge on any atom is -0.478 e. The van der Waals surface area contributed by atoms with Crippen molar-refractivity contribution in [1.29, 1.82) is 0 Å². The van der Waals surface area contributed by atoms with Gasteiger partial charge in [-0.25, -0.2) is 13.6 Å². The van der Waals surface area contributed by atoms with Gasteiger partial charge in [0, 0.05) is 11.6 Å². The van der Waals surface area contributed by atoms with E-state index in [1.807, 2.05) is 0 Å². The Labute approximate surface area is 94.8 Å². The van der Waals surface area contributed by atoms with Gasteiger partial charge in [-0.2, -0.15) is 9.37 Å². The van der Waals surface area contributed by atoms with Gasteiger partial charge < -0.3 is 9.84 Å². The van der Waals surface area contributed by atoms with Crippen molar-refractivity contribution in [2.24, 2.45) is 0 Å². The molecule has 1 aromatic rings. The zero-order valence-electron chi connectivity index (χ0n) is 8.13. The van der Waals surface area contributed by atoms with E-state index in [9.17, 15) is 31.1 Å². The number of alkyl halides is 5. The monoisotopic (exact) mass is 275 g/mol. The molecule has 0 atom stereocenters. The molecule has 1 N–H and O–H groups in total. The molecule has 0 radical (unpaired) electrons. The van der Waals surface area contributed by atoms with Crippen LogP contribution in [0.5, 0.6) is 5.88 Å². The molecule has 0 aliphatic carbocycles. The van der Waals surface area contributed by atoms with Crippen LogP contribution in [-0.2, 0) is 0 Å². The van der Waals surface area contributed by atoms with Crippen molar-refractivity contribution in [3.8, 4) is 5.88 Å². The van der Waals surface area contributed by atoms with Crippen LogP contribution in [0.3, 0.4) is 0 Å². The van der Waals surface area contributed by atoms with Crippen molar-refractivity contribution < 1.29 is 41.0 Å².